The van der Waals surface area contributed by atoms with E-state index in [2.05, 4.69) is 5.32 Å². The lowest BCUT2D eigenvalue weighted by molar-refractivity contribution is -0.151. The Bertz CT molecular complexity index is 983. The molecule has 1 N–H and O–H groups in total. The van der Waals surface area contributed by atoms with E-state index in [0.29, 0.717) is 22.9 Å². The Balaban J connectivity index is 1.61. The van der Waals surface area contributed by atoms with Gasteiger partial charge in [0, 0.05) is 24.7 Å². The van der Waals surface area contributed by atoms with Gasteiger partial charge in [0.2, 0.25) is 5.91 Å². The summed E-state index contributed by atoms with van der Waals surface area (Å²) >= 11 is 0. The van der Waals surface area contributed by atoms with E-state index in [-0.39, 0.29) is 18.9 Å². The third kappa shape index (κ3) is 4.96. The van der Waals surface area contributed by atoms with Crippen LogP contribution in [0.4, 0.5) is 11.4 Å². The molecular formula is C23H26N2O6. The minimum Gasteiger partial charge on any atom is -0.497 e. The van der Waals surface area contributed by atoms with Crippen molar-refractivity contribution < 1.29 is 28.6 Å². The quantitative estimate of drug-likeness (QED) is 0.685. The maximum Gasteiger partial charge on any atom is 0.311 e. The highest BCUT2D eigenvalue weighted by molar-refractivity contribution is 6.01. The molecule has 1 aliphatic rings. The van der Waals surface area contributed by atoms with Crippen LogP contribution in [0.15, 0.2) is 36.4 Å². The number of aryl methyl sites for hydroxylation is 2. The van der Waals surface area contributed by atoms with Crippen LogP contribution in [0, 0.1) is 19.8 Å². The number of hydrogen-bond acceptors (Lipinski definition) is 6. The lowest BCUT2D eigenvalue weighted by atomic mass is 10.1. The predicted octanol–water partition coefficient (Wildman–Crippen LogP) is 2.86. The van der Waals surface area contributed by atoms with Crippen LogP contribution >= 0.6 is 0 Å². The molecule has 2 aromatic rings. The molecule has 164 valence electrons. The van der Waals surface area contributed by atoms with Crippen LogP contribution in [0.3, 0.4) is 0 Å². The Hall–Kier alpha value is -3.55. The average Bonchev–Trinajstić information content (AvgIpc) is 3.15. The Labute approximate surface area is 181 Å². The number of esters is 1. The van der Waals surface area contributed by atoms with Crippen molar-refractivity contribution in [3.05, 3.63) is 47.5 Å². The highest BCUT2D eigenvalue weighted by atomic mass is 16.5. The second-order valence-electron chi connectivity index (χ2n) is 7.37. The first-order valence-corrected chi connectivity index (χ1v) is 9.89. The van der Waals surface area contributed by atoms with Gasteiger partial charge in [0.05, 0.1) is 25.8 Å². The molecule has 8 heteroatoms. The number of hydrogen-bond donors (Lipinski definition) is 1. The average molecular weight is 426 g/mol. The number of amides is 2. The van der Waals surface area contributed by atoms with Gasteiger partial charge in [-0.05, 0) is 37.1 Å². The van der Waals surface area contributed by atoms with Crippen LogP contribution in [-0.4, -0.2) is 45.2 Å². The van der Waals surface area contributed by atoms with E-state index >= 15 is 0 Å². The second-order valence-corrected chi connectivity index (χ2v) is 7.37. The topological polar surface area (TPSA) is 94.2 Å². The molecule has 2 amide bonds. The molecule has 0 unspecified atom stereocenters. The molecule has 0 spiro atoms. The summed E-state index contributed by atoms with van der Waals surface area (Å²) in [6.45, 7) is 3.50. The number of carbonyl (C=O) groups is 3. The molecule has 0 aliphatic carbocycles. The van der Waals surface area contributed by atoms with Crippen molar-refractivity contribution in [3.63, 3.8) is 0 Å². The molecule has 1 heterocycles. The number of methoxy groups -OCH3 is 2. The fourth-order valence-corrected chi connectivity index (χ4v) is 3.55. The maximum atomic E-state index is 12.6. The molecule has 3 rings (SSSR count). The highest BCUT2D eigenvalue weighted by Crippen LogP contribution is 2.36. The number of ether oxygens (including phenoxy) is 3. The van der Waals surface area contributed by atoms with Gasteiger partial charge < -0.3 is 24.4 Å². The van der Waals surface area contributed by atoms with Crippen molar-refractivity contribution in [1.29, 1.82) is 0 Å². The molecule has 2 aromatic carbocycles. The summed E-state index contributed by atoms with van der Waals surface area (Å²) in [5.41, 5.74) is 3.07. The second kappa shape index (κ2) is 9.51. The summed E-state index contributed by atoms with van der Waals surface area (Å²) in [6.07, 6.45) is -0.00226. The van der Waals surface area contributed by atoms with E-state index in [1.807, 2.05) is 32.0 Å². The van der Waals surface area contributed by atoms with Gasteiger partial charge in [-0.1, -0.05) is 18.2 Å². The summed E-state index contributed by atoms with van der Waals surface area (Å²) in [5.74, 6) is -0.852. The van der Waals surface area contributed by atoms with E-state index in [9.17, 15) is 14.4 Å². The number of carbonyl (C=O) groups excluding carboxylic acids is 3. The zero-order chi connectivity index (χ0) is 22.5. The SMILES string of the molecule is COc1ccc(OC)c(N2C[C@@H](C(=O)OCC(=O)Nc3c(C)cccc3C)CC2=O)c1. The van der Waals surface area contributed by atoms with Crippen LogP contribution < -0.4 is 19.7 Å². The Morgan fingerprint density at radius 2 is 1.81 bits per heavy atom. The van der Waals surface area contributed by atoms with Crippen LogP contribution in [0.25, 0.3) is 0 Å². The fraction of sp³-hybridized carbons (Fsp3) is 0.348. The van der Waals surface area contributed by atoms with Crippen molar-refractivity contribution in [2.45, 2.75) is 20.3 Å². The molecule has 0 aromatic heterocycles. The van der Waals surface area contributed by atoms with Gasteiger partial charge in [0.1, 0.15) is 11.5 Å². The number of benzene rings is 2. The molecule has 0 saturated carbocycles. The van der Waals surface area contributed by atoms with E-state index in [4.69, 9.17) is 14.2 Å². The minimum absolute atomic E-state index is 0.00226. The number of anilines is 2. The van der Waals surface area contributed by atoms with Crippen molar-refractivity contribution in [2.24, 2.45) is 5.92 Å². The van der Waals surface area contributed by atoms with Crippen molar-refractivity contribution >= 4 is 29.2 Å². The first kappa shape index (κ1) is 22.1. The molecule has 0 bridgehead atoms. The third-order valence-corrected chi connectivity index (χ3v) is 5.23. The van der Waals surface area contributed by atoms with E-state index in [0.717, 1.165) is 11.1 Å². The monoisotopic (exact) mass is 426 g/mol. The van der Waals surface area contributed by atoms with Gasteiger partial charge in [0.15, 0.2) is 6.61 Å². The molecular weight excluding hydrogens is 400 g/mol. The van der Waals surface area contributed by atoms with E-state index in [1.165, 1.54) is 19.1 Å². The molecule has 1 fully saturated rings. The minimum atomic E-state index is -0.670. The fourth-order valence-electron chi connectivity index (χ4n) is 3.55. The number of rotatable bonds is 7. The van der Waals surface area contributed by atoms with Gasteiger partial charge in [-0.15, -0.1) is 0 Å². The summed E-state index contributed by atoms with van der Waals surface area (Å²) < 4.78 is 15.7. The molecule has 1 saturated heterocycles. The van der Waals surface area contributed by atoms with Crippen molar-refractivity contribution in [2.75, 3.05) is 37.6 Å². The third-order valence-electron chi connectivity index (χ3n) is 5.23. The van der Waals surface area contributed by atoms with Crippen LogP contribution in [0.5, 0.6) is 11.5 Å². The lowest BCUT2D eigenvalue weighted by Gasteiger charge is -2.20. The van der Waals surface area contributed by atoms with Crippen LogP contribution in [0.2, 0.25) is 0 Å². The largest absolute Gasteiger partial charge is 0.497 e. The summed E-state index contributed by atoms with van der Waals surface area (Å²) in [4.78, 5) is 38.8. The van der Waals surface area contributed by atoms with Crippen LogP contribution in [-0.2, 0) is 19.1 Å². The lowest BCUT2D eigenvalue weighted by Crippen LogP contribution is -2.28. The summed E-state index contributed by atoms with van der Waals surface area (Å²) in [6, 6.07) is 10.8. The van der Waals surface area contributed by atoms with Gasteiger partial charge in [-0.3, -0.25) is 14.4 Å². The number of nitrogens with one attached hydrogen (secondary N) is 1. The Kier molecular flexibility index (Phi) is 6.79. The molecule has 0 radical (unpaired) electrons. The van der Waals surface area contributed by atoms with Gasteiger partial charge in [-0.2, -0.15) is 0 Å². The van der Waals surface area contributed by atoms with Crippen molar-refractivity contribution in [3.8, 4) is 11.5 Å². The maximum absolute atomic E-state index is 12.6. The molecule has 1 aliphatic heterocycles. The standard InChI is InChI=1S/C23H26N2O6/c1-14-6-5-7-15(2)22(14)24-20(26)13-31-23(28)16-10-21(27)25(12-16)18-11-17(29-3)8-9-19(18)30-4/h5-9,11,16H,10,12-13H2,1-4H3,(H,24,26)/t16-/m0/s1. The Morgan fingerprint density at radius 1 is 1.10 bits per heavy atom. The Morgan fingerprint density at radius 3 is 2.45 bits per heavy atom. The predicted molar refractivity (Wildman–Crippen MR) is 116 cm³/mol. The van der Waals surface area contributed by atoms with Crippen molar-refractivity contribution in [1.82, 2.24) is 0 Å². The molecule has 1 atom stereocenters. The molecule has 31 heavy (non-hydrogen) atoms. The number of para-hydroxylation sites is 1. The smallest absolute Gasteiger partial charge is 0.311 e. The van der Waals surface area contributed by atoms with Gasteiger partial charge in [0.25, 0.3) is 5.91 Å². The van der Waals surface area contributed by atoms with E-state index in [1.54, 1.807) is 18.2 Å². The highest BCUT2D eigenvalue weighted by Gasteiger charge is 2.37. The van der Waals surface area contributed by atoms with Gasteiger partial charge >= 0.3 is 5.97 Å². The zero-order valence-electron chi connectivity index (χ0n) is 18.1. The van der Waals surface area contributed by atoms with E-state index < -0.39 is 24.4 Å². The normalized spacial score (nSPS) is 15.5. The van der Waals surface area contributed by atoms with Gasteiger partial charge in [-0.25, -0.2) is 0 Å². The first-order valence-electron chi connectivity index (χ1n) is 9.89. The summed E-state index contributed by atoms with van der Waals surface area (Å²) in [5, 5.41) is 2.77. The zero-order valence-corrected chi connectivity index (χ0v) is 18.1. The molecule has 8 nitrogen and oxygen atoms in total. The number of nitrogens with zero attached hydrogens (tertiary/aromatic N) is 1. The van der Waals surface area contributed by atoms with Crippen LogP contribution in [0.1, 0.15) is 17.5 Å². The first-order chi connectivity index (χ1) is 14.8. The summed E-state index contributed by atoms with van der Waals surface area (Å²) in [7, 11) is 3.04.